The van der Waals surface area contributed by atoms with E-state index < -0.39 is 56.9 Å². The minimum absolute atomic E-state index is 0.0196. The number of halogens is 1. The highest BCUT2D eigenvalue weighted by molar-refractivity contribution is 7.85. The molecule has 6 rings (SSSR count). The zero-order valence-electron chi connectivity index (χ0n) is 31.5. The number of rotatable bonds is 9. The summed E-state index contributed by atoms with van der Waals surface area (Å²) in [4.78, 5) is 66.3. The topological polar surface area (TPSA) is 171 Å². The molecule has 2 aromatic rings. The molecule has 54 heavy (non-hydrogen) atoms. The van der Waals surface area contributed by atoms with E-state index in [2.05, 4.69) is 14.7 Å². The van der Waals surface area contributed by atoms with E-state index in [0.29, 0.717) is 44.3 Å². The summed E-state index contributed by atoms with van der Waals surface area (Å²) < 4.78 is 45.1. The lowest BCUT2D eigenvalue weighted by Gasteiger charge is -2.29. The number of amides is 2. The Labute approximate surface area is 322 Å². The molecule has 2 aliphatic heterocycles. The van der Waals surface area contributed by atoms with Crippen molar-refractivity contribution in [3.8, 4) is 17.3 Å². The van der Waals surface area contributed by atoms with Crippen LogP contribution in [0.4, 0.5) is 0 Å². The molecule has 2 aliphatic carbocycles. The van der Waals surface area contributed by atoms with Crippen molar-refractivity contribution in [2.75, 3.05) is 6.54 Å². The number of ether oxygens (including phenoxy) is 2. The van der Waals surface area contributed by atoms with Gasteiger partial charge in [0, 0.05) is 30.4 Å². The summed E-state index contributed by atoms with van der Waals surface area (Å²) in [5.74, 6) is -2.44. The molecular weight excluding hydrogens is 736 g/mol. The summed E-state index contributed by atoms with van der Waals surface area (Å²) in [6, 6.07) is 9.71. The molecule has 2 amide bonds. The smallest absolute Gasteiger partial charge is 0.362 e. The Bertz CT molecular complexity index is 1850. The summed E-state index contributed by atoms with van der Waals surface area (Å²) in [6.45, 7) is 6.99. The first-order valence-electron chi connectivity index (χ1n) is 19.0. The van der Waals surface area contributed by atoms with Crippen LogP contribution in [-0.2, 0) is 38.4 Å². The molecule has 0 bridgehead atoms. The molecule has 13 nitrogen and oxygen atoms in total. The van der Waals surface area contributed by atoms with Gasteiger partial charge in [0.25, 0.3) is 0 Å². The van der Waals surface area contributed by atoms with Gasteiger partial charge in [-0.25, -0.2) is 13.9 Å². The average molecular weight is 787 g/mol. The predicted molar refractivity (Wildman–Crippen MR) is 199 cm³/mol. The van der Waals surface area contributed by atoms with Gasteiger partial charge in [0.1, 0.15) is 16.9 Å². The van der Waals surface area contributed by atoms with E-state index in [0.717, 1.165) is 31.2 Å². The molecule has 294 valence electrons. The molecule has 0 unspecified atom stereocenters. The first-order valence-corrected chi connectivity index (χ1v) is 20.8. The van der Waals surface area contributed by atoms with Crippen molar-refractivity contribution in [1.82, 2.24) is 19.6 Å². The highest BCUT2D eigenvalue weighted by Gasteiger charge is 2.62. The third-order valence-electron chi connectivity index (χ3n) is 10.9. The second kappa shape index (κ2) is 15.9. The van der Waals surface area contributed by atoms with Crippen molar-refractivity contribution >= 4 is 45.5 Å². The summed E-state index contributed by atoms with van der Waals surface area (Å²) in [6.07, 6.45) is 5.72. The SMILES string of the molecule is CC(C)(C)OC(=O)C[C@H]1CCCCCCC[C@@H]2C[C@@]2(C(=O)NS(=O)(=O)OC2(C)CC2)CC(=O)[C@@H]2C[C@@H](Oc3cc(Cl)nc(-c4ccccc4)n3)CN2C1=O. The lowest BCUT2D eigenvalue weighted by atomic mass is 9.90. The number of hydrogen-bond donors (Lipinski definition) is 1. The quantitative estimate of drug-likeness (QED) is 0.229. The Kier molecular flexibility index (Phi) is 11.8. The Hall–Kier alpha value is -3.62. The normalized spacial score (nSPS) is 27.5. The molecule has 2 saturated carbocycles. The van der Waals surface area contributed by atoms with Crippen LogP contribution in [-0.4, -0.2) is 76.7 Å². The fraction of sp³-hybridized carbons (Fsp3) is 0.641. The van der Waals surface area contributed by atoms with Crippen LogP contribution < -0.4 is 9.46 Å². The van der Waals surface area contributed by atoms with E-state index in [1.54, 1.807) is 27.7 Å². The number of hydrogen-bond acceptors (Lipinski definition) is 11. The van der Waals surface area contributed by atoms with Crippen LogP contribution in [0.25, 0.3) is 11.4 Å². The summed E-state index contributed by atoms with van der Waals surface area (Å²) >= 11 is 6.38. The summed E-state index contributed by atoms with van der Waals surface area (Å²) in [7, 11) is -4.41. The molecule has 3 heterocycles. The molecule has 2 saturated heterocycles. The van der Waals surface area contributed by atoms with Gasteiger partial charge in [-0.1, -0.05) is 74.0 Å². The Balaban J connectivity index is 1.28. The number of ketones is 1. The van der Waals surface area contributed by atoms with Crippen LogP contribution in [0.2, 0.25) is 5.15 Å². The second-order valence-electron chi connectivity index (χ2n) is 16.7. The van der Waals surface area contributed by atoms with Gasteiger partial charge in [0.05, 0.1) is 30.0 Å². The average Bonchev–Trinajstić information content (AvgIpc) is 3.94. The second-order valence-corrected chi connectivity index (χ2v) is 18.3. The Morgan fingerprint density at radius 1 is 1.02 bits per heavy atom. The van der Waals surface area contributed by atoms with E-state index in [1.165, 1.54) is 11.0 Å². The van der Waals surface area contributed by atoms with Gasteiger partial charge in [-0.2, -0.15) is 13.4 Å². The van der Waals surface area contributed by atoms with E-state index in [-0.39, 0.29) is 54.4 Å². The zero-order valence-corrected chi connectivity index (χ0v) is 33.0. The van der Waals surface area contributed by atoms with E-state index in [4.69, 9.17) is 25.3 Å². The van der Waals surface area contributed by atoms with Crippen LogP contribution in [0, 0.1) is 17.3 Å². The maximum absolute atomic E-state index is 14.5. The number of Topliss-reactive ketones (excluding diaryl/α,β-unsaturated/α-hetero) is 1. The van der Waals surface area contributed by atoms with Gasteiger partial charge in [-0.3, -0.25) is 19.2 Å². The number of carbonyl (C=O) groups excluding carboxylic acids is 4. The summed E-state index contributed by atoms with van der Waals surface area (Å²) in [5.41, 5.74) is -2.12. The van der Waals surface area contributed by atoms with Gasteiger partial charge >= 0.3 is 16.3 Å². The molecule has 15 heteroatoms. The number of nitrogens with zero attached hydrogens (tertiary/aromatic N) is 3. The first kappa shape index (κ1) is 40.1. The number of aromatic nitrogens is 2. The van der Waals surface area contributed by atoms with Gasteiger partial charge in [-0.15, -0.1) is 0 Å². The highest BCUT2D eigenvalue weighted by atomic mass is 35.5. The van der Waals surface area contributed by atoms with Gasteiger partial charge in [0.15, 0.2) is 11.6 Å². The molecule has 4 fully saturated rings. The molecule has 1 aromatic carbocycles. The van der Waals surface area contributed by atoms with Crippen molar-refractivity contribution in [2.45, 2.75) is 135 Å². The lowest BCUT2D eigenvalue weighted by Crippen LogP contribution is -2.46. The van der Waals surface area contributed by atoms with Crippen LogP contribution >= 0.6 is 11.6 Å². The fourth-order valence-corrected chi connectivity index (χ4v) is 9.08. The Morgan fingerprint density at radius 2 is 1.70 bits per heavy atom. The Morgan fingerprint density at radius 3 is 2.39 bits per heavy atom. The third-order valence-corrected chi connectivity index (χ3v) is 12.1. The van der Waals surface area contributed by atoms with Crippen molar-refractivity contribution < 1.29 is 41.3 Å². The molecular formula is C39H51ClN4O9S. The monoisotopic (exact) mass is 786 g/mol. The van der Waals surface area contributed by atoms with Crippen LogP contribution in [0.3, 0.4) is 0 Å². The predicted octanol–water partition coefficient (Wildman–Crippen LogP) is 6.13. The van der Waals surface area contributed by atoms with Crippen LogP contribution in [0.1, 0.15) is 111 Å². The largest absolute Gasteiger partial charge is 0.472 e. The third kappa shape index (κ3) is 10.2. The van der Waals surface area contributed by atoms with Crippen molar-refractivity contribution in [2.24, 2.45) is 17.3 Å². The number of esters is 1. The van der Waals surface area contributed by atoms with Crippen molar-refractivity contribution in [1.29, 1.82) is 0 Å². The molecule has 0 radical (unpaired) electrons. The van der Waals surface area contributed by atoms with E-state index in [9.17, 15) is 27.6 Å². The van der Waals surface area contributed by atoms with E-state index >= 15 is 0 Å². The lowest BCUT2D eigenvalue weighted by molar-refractivity contribution is -0.159. The molecule has 0 spiro atoms. The van der Waals surface area contributed by atoms with Crippen LogP contribution in [0.5, 0.6) is 5.88 Å². The van der Waals surface area contributed by atoms with E-state index in [1.807, 2.05) is 30.3 Å². The number of nitrogens with one attached hydrogen (secondary N) is 1. The molecule has 1 N–H and O–H groups in total. The fourth-order valence-electron chi connectivity index (χ4n) is 7.74. The number of benzene rings is 1. The standard InChI is InChI=1S/C39H51ClN4O9S/c1-37(2,3)52-33(46)19-26-15-9-6-5-7-12-16-27-22-39(27,36(48)43-54(49,50)53-38(4)17-18-38)23-30(45)29-20-28(24-44(29)35(26)47)51-32-21-31(40)41-34(42-32)25-13-10-8-11-14-25/h8,10-11,13-14,21,26-29H,5-7,9,12,15-20,22-24H2,1-4H3,(H,43,48)/t26-,27-,28-,29+,39-/m1/s1. The highest BCUT2D eigenvalue weighted by Crippen LogP contribution is 2.59. The number of carbonyl (C=O) groups is 4. The van der Waals surface area contributed by atoms with Gasteiger partial charge in [0.2, 0.25) is 17.7 Å². The minimum Gasteiger partial charge on any atom is -0.472 e. The molecule has 5 atom stereocenters. The van der Waals surface area contributed by atoms with Crippen molar-refractivity contribution in [3.63, 3.8) is 0 Å². The maximum Gasteiger partial charge on any atom is 0.362 e. The molecule has 4 aliphatic rings. The van der Waals surface area contributed by atoms with Crippen LogP contribution in [0.15, 0.2) is 36.4 Å². The van der Waals surface area contributed by atoms with Gasteiger partial charge in [-0.05, 0) is 65.7 Å². The number of fused-ring (bicyclic) bond motifs is 2. The maximum atomic E-state index is 14.5. The van der Waals surface area contributed by atoms with Crippen molar-refractivity contribution in [3.05, 3.63) is 41.6 Å². The zero-order chi connectivity index (χ0) is 38.9. The first-order chi connectivity index (χ1) is 25.4. The van der Waals surface area contributed by atoms with Gasteiger partial charge < -0.3 is 14.4 Å². The minimum atomic E-state index is -4.41. The summed E-state index contributed by atoms with van der Waals surface area (Å²) in [5, 5.41) is 0.151. The molecule has 1 aromatic heterocycles.